The molecular formula is C11H17NO3. The van der Waals surface area contributed by atoms with Crippen LogP contribution >= 0.6 is 0 Å². The molecule has 0 bridgehead atoms. The molecule has 0 heterocycles. The minimum atomic E-state index is -0.755. The summed E-state index contributed by atoms with van der Waals surface area (Å²) >= 11 is 0. The maximum Gasteiger partial charge on any atom is 0.142 e. The molecule has 15 heavy (non-hydrogen) atoms. The van der Waals surface area contributed by atoms with E-state index in [9.17, 15) is 5.11 Å². The van der Waals surface area contributed by atoms with Crippen molar-refractivity contribution < 1.29 is 14.9 Å². The highest BCUT2D eigenvalue weighted by molar-refractivity contribution is 5.61. The highest BCUT2D eigenvalue weighted by Crippen LogP contribution is 2.27. The molecular weight excluding hydrogens is 194 g/mol. The zero-order valence-electron chi connectivity index (χ0n) is 9.03. The molecule has 84 valence electrons. The molecule has 0 aliphatic heterocycles. The summed E-state index contributed by atoms with van der Waals surface area (Å²) in [5, 5.41) is 21.0. The Morgan fingerprint density at radius 3 is 2.80 bits per heavy atom. The first kappa shape index (κ1) is 11.8. The van der Waals surface area contributed by atoms with E-state index >= 15 is 0 Å². The van der Waals surface area contributed by atoms with Crippen molar-refractivity contribution in [1.82, 2.24) is 0 Å². The third-order valence-corrected chi connectivity index (χ3v) is 2.18. The lowest BCUT2D eigenvalue weighted by Crippen LogP contribution is -2.23. The molecule has 1 aromatic carbocycles. The normalized spacial score (nSPS) is 12.3. The number of hydrogen-bond acceptors (Lipinski definition) is 4. The maximum absolute atomic E-state index is 9.22. The van der Waals surface area contributed by atoms with Gasteiger partial charge in [-0.25, -0.2) is 0 Å². The second-order valence-corrected chi connectivity index (χ2v) is 3.37. The molecule has 0 amide bonds. The van der Waals surface area contributed by atoms with Crippen LogP contribution in [0.5, 0.6) is 5.75 Å². The number of anilines is 1. The Morgan fingerprint density at radius 2 is 2.20 bits per heavy atom. The van der Waals surface area contributed by atoms with Crippen molar-refractivity contribution in [3.8, 4) is 5.75 Å². The molecule has 0 aliphatic rings. The van der Waals surface area contributed by atoms with Crippen LogP contribution < -0.4 is 10.1 Å². The molecule has 4 heteroatoms. The van der Waals surface area contributed by atoms with Crippen LogP contribution in [-0.4, -0.2) is 36.6 Å². The molecule has 1 unspecified atom stereocenters. The first-order valence-corrected chi connectivity index (χ1v) is 4.85. The summed E-state index contributed by atoms with van der Waals surface area (Å²) < 4.78 is 5.19. The lowest BCUT2D eigenvalue weighted by atomic mass is 10.2. The number of aliphatic hydroxyl groups is 2. The number of rotatable bonds is 5. The van der Waals surface area contributed by atoms with Crippen LogP contribution in [0.15, 0.2) is 18.2 Å². The Bertz CT molecular complexity index is 315. The lowest BCUT2D eigenvalue weighted by Gasteiger charge is -2.15. The average molecular weight is 211 g/mol. The number of nitrogens with one attached hydrogen (secondary N) is 1. The fourth-order valence-corrected chi connectivity index (χ4v) is 1.32. The average Bonchev–Trinajstić information content (AvgIpc) is 2.26. The van der Waals surface area contributed by atoms with Gasteiger partial charge >= 0.3 is 0 Å². The number of aliphatic hydroxyl groups excluding tert-OH is 2. The Balaban J connectivity index is 2.74. The fraction of sp³-hybridized carbons (Fsp3) is 0.455. The molecule has 0 radical (unpaired) electrons. The van der Waals surface area contributed by atoms with Crippen LogP contribution in [0.1, 0.15) is 5.56 Å². The monoisotopic (exact) mass is 211 g/mol. The lowest BCUT2D eigenvalue weighted by molar-refractivity contribution is 0.105. The Hall–Kier alpha value is -1.26. The molecule has 3 N–H and O–H groups in total. The first-order valence-electron chi connectivity index (χ1n) is 4.85. The Morgan fingerprint density at radius 1 is 1.47 bits per heavy atom. The minimum Gasteiger partial charge on any atom is -0.495 e. The smallest absolute Gasteiger partial charge is 0.142 e. The molecule has 0 fully saturated rings. The third-order valence-electron chi connectivity index (χ3n) is 2.18. The summed E-state index contributed by atoms with van der Waals surface area (Å²) in [4.78, 5) is 0. The summed E-state index contributed by atoms with van der Waals surface area (Å²) in [6, 6.07) is 5.71. The van der Waals surface area contributed by atoms with Gasteiger partial charge in [-0.1, -0.05) is 12.1 Å². The van der Waals surface area contributed by atoms with Crippen molar-refractivity contribution in [1.29, 1.82) is 0 Å². The number of aryl methyl sites for hydroxylation is 1. The van der Waals surface area contributed by atoms with Crippen molar-refractivity contribution in [3.63, 3.8) is 0 Å². The van der Waals surface area contributed by atoms with E-state index < -0.39 is 6.10 Å². The first-order chi connectivity index (χ1) is 7.19. The van der Waals surface area contributed by atoms with E-state index in [1.54, 1.807) is 7.11 Å². The standard InChI is InChI=1S/C11H17NO3/c1-8-4-3-5-10(15-2)11(8)12-6-9(14)7-13/h3-5,9,12-14H,6-7H2,1-2H3. The van der Waals surface area contributed by atoms with Gasteiger partial charge in [-0.2, -0.15) is 0 Å². The molecule has 1 aromatic rings. The van der Waals surface area contributed by atoms with Crippen molar-refractivity contribution in [3.05, 3.63) is 23.8 Å². The molecule has 0 aliphatic carbocycles. The quantitative estimate of drug-likeness (QED) is 0.673. The summed E-state index contributed by atoms with van der Waals surface area (Å²) in [5.41, 5.74) is 1.90. The second kappa shape index (κ2) is 5.58. The van der Waals surface area contributed by atoms with Crippen LogP contribution in [0.3, 0.4) is 0 Å². The fourth-order valence-electron chi connectivity index (χ4n) is 1.32. The van der Waals surface area contributed by atoms with Gasteiger partial charge in [0.15, 0.2) is 0 Å². The second-order valence-electron chi connectivity index (χ2n) is 3.37. The molecule has 0 saturated carbocycles. The Kier molecular flexibility index (Phi) is 4.39. The van der Waals surface area contributed by atoms with Crippen LogP contribution in [-0.2, 0) is 0 Å². The summed E-state index contributed by atoms with van der Waals surface area (Å²) in [6.07, 6.45) is -0.755. The van der Waals surface area contributed by atoms with Crippen molar-refractivity contribution in [2.75, 3.05) is 25.6 Å². The molecule has 4 nitrogen and oxygen atoms in total. The van der Waals surface area contributed by atoms with E-state index in [0.29, 0.717) is 6.54 Å². The van der Waals surface area contributed by atoms with Crippen LogP contribution in [0.2, 0.25) is 0 Å². The summed E-state index contributed by atoms with van der Waals surface area (Å²) in [7, 11) is 1.60. The van der Waals surface area contributed by atoms with Gasteiger partial charge in [-0.3, -0.25) is 0 Å². The van der Waals surface area contributed by atoms with Gasteiger partial charge in [0.1, 0.15) is 5.75 Å². The molecule has 0 saturated heterocycles. The number of hydrogen-bond donors (Lipinski definition) is 3. The van der Waals surface area contributed by atoms with Gasteiger partial charge in [0.25, 0.3) is 0 Å². The van der Waals surface area contributed by atoms with Gasteiger partial charge in [0.05, 0.1) is 25.5 Å². The highest BCUT2D eigenvalue weighted by Gasteiger charge is 2.07. The van der Waals surface area contributed by atoms with Gasteiger partial charge in [-0.15, -0.1) is 0 Å². The molecule has 0 spiro atoms. The number of para-hydroxylation sites is 1. The molecule has 1 rings (SSSR count). The van der Waals surface area contributed by atoms with Gasteiger partial charge in [-0.05, 0) is 18.6 Å². The van der Waals surface area contributed by atoms with E-state index in [4.69, 9.17) is 9.84 Å². The van der Waals surface area contributed by atoms with E-state index in [2.05, 4.69) is 5.32 Å². The molecule has 1 atom stereocenters. The number of benzene rings is 1. The van der Waals surface area contributed by atoms with Crippen molar-refractivity contribution in [2.45, 2.75) is 13.0 Å². The Labute approximate surface area is 89.5 Å². The van der Waals surface area contributed by atoms with E-state index in [1.165, 1.54) is 0 Å². The minimum absolute atomic E-state index is 0.249. The zero-order chi connectivity index (χ0) is 11.3. The largest absolute Gasteiger partial charge is 0.495 e. The van der Waals surface area contributed by atoms with Gasteiger partial charge < -0.3 is 20.3 Å². The predicted molar refractivity (Wildman–Crippen MR) is 59.3 cm³/mol. The van der Waals surface area contributed by atoms with Crippen LogP contribution in [0.25, 0.3) is 0 Å². The van der Waals surface area contributed by atoms with E-state index in [-0.39, 0.29) is 6.61 Å². The third kappa shape index (κ3) is 3.11. The maximum atomic E-state index is 9.22. The van der Waals surface area contributed by atoms with Crippen molar-refractivity contribution in [2.24, 2.45) is 0 Å². The van der Waals surface area contributed by atoms with E-state index in [1.807, 2.05) is 25.1 Å². The topological polar surface area (TPSA) is 61.7 Å². The van der Waals surface area contributed by atoms with Gasteiger partial charge in [0, 0.05) is 6.54 Å². The predicted octanol–water partition coefficient (Wildman–Crippen LogP) is 0.769. The number of ether oxygens (including phenoxy) is 1. The SMILES string of the molecule is COc1cccc(C)c1NCC(O)CO. The van der Waals surface area contributed by atoms with Gasteiger partial charge in [0.2, 0.25) is 0 Å². The zero-order valence-corrected chi connectivity index (χ0v) is 9.03. The highest BCUT2D eigenvalue weighted by atomic mass is 16.5. The summed E-state index contributed by atoms with van der Waals surface area (Å²) in [5.74, 6) is 0.736. The summed E-state index contributed by atoms with van der Waals surface area (Å²) in [6.45, 7) is 2.01. The van der Waals surface area contributed by atoms with Crippen molar-refractivity contribution >= 4 is 5.69 Å². The van der Waals surface area contributed by atoms with E-state index in [0.717, 1.165) is 17.0 Å². The van der Waals surface area contributed by atoms with Crippen LogP contribution in [0, 0.1) is 6.92 Å². The number of methoxy groups -OCH3 is 1. The molecule has 0 aromatic heterocycles. The van der Waals surface area contributed by atoms with Crippen LogP contribution in [0.4, 0.5) is 5.69 Å².